The van der Waals surface area contributed by atoms with Crippen LogP contribution in [0.5, 0.6) is 0 Å². The van der Waals surface area contributed by atoms with Crippen LogP contribution < -0.4 is 11.1 Å². The summed E-state index contributed by atoms with van der Waals surface area (Å²) in [5, 5.41) is 2.74. The lowest BCUT2D eigenvalue weighted by molar-refractivity contribution is 0.0950. The molecule has 0 unspecified atom stereocenters. The zero-order valence-corrected chi connectivity index (χ0v) is 11.4. The molecule has 0 aliphatic heterocycles. The van der Waals surface area contributed by atoms with Crippen molar-refractivity contribution in [1.29, 1.82) is 0 Å². The van der Waals surface area contributed by atoms with E-state index >= 15 is 0 Å². The predicted molar refractivity (Wildman–Crippen MR) is 79.9 cm³/mol. The molecule has 2 aromatic carbocycles. The van der Waals surface area contributed by atoms with Gasteiger partial charge in [0, 0.05) is 17.7 Å². The summed E-state index contributed by atoms with van der Waals surface area (Å²) in [5.41, 5.74) is 7.43. The molecule has 0 heterocycles. The quantitative estimate of drug-likeness (QED) is 0.847. The second-order valence-electron chi connectivity index (χ2n) is 4.40. The van der Waals surface area contributed by atoms with Gasteiger partial charge in [0.2, 0.25) is 0 Å². The number of benzene rings is 2. The fourth-order valence-corrected chi connectivity index (χ4v) is 1.77. The second-order valence-corrected chi connectivity index (χ2v) is 4.40. The third kappa shape index (κ3) is 4.44. The number of carbonyl (C=O) groups is 1. The van der Waals surface area contributed by atoms with Crippen LogP contribution in [0.2, 0.25) is 0 Å². The van der Waals surface area contributed by atoms with E-state index in [-0.39, 0.29) is 5.91 Å². The Labute approximate surface area is 123 Å². The first kappa shape index (κ1) is 14.8. The molecular formula is C17H15FN2O. The van der Waals surface area contributed by atoms with Crippen molar-refractivity contribution < 1.29 is 9.18 Å². The molecule has 1 amide bonds. The molecule has 4 heteroatoms. The van der Waals surface area contributed by atoms with Crippen LogP contribution in [0.4, 0.5) is 4.39 Å². The van der Waals surface area contributed by atoms with E-state index in [0.29, 0.717) is 18.7 Å². The van der Waals surface area contributed by atoms with Crippen molar-refractivity contribution in [3.05, 3.63) is 71.0 Å². The Morgan fingerprint density at radius 3 is 2.62 bits per heavy atom. The smallest absolute Gasteiger partial charge is 0.251 e. The summed E-state index contributed by atoms with van der Waals surface area (Å²) in [6.45, 7) is 0.700. The minimum absolute atomic E-state index is 0.304. The van der Waals surface area contributed by atoms with E-state index in [2.05, 4.69) is 17.2 Å². The van der Waals surface area contributed by atoms with Crippen molar-refractivity contribution in [2.24, 2.45) is 5.73 Å². The summed E-state index contributed by atoms with van der Waals surface area (Å²) in [4.78, 5) is 11.9. The standard InChI is InChI=1S/C17H15FN2O/c18-16-5-1-4-15(11-16)17(21)20-12-14-8-6-13(7-9-14)3-2-10-19/h1,4-9,11H,10,12,19H2,(H,20,21). The van der Waals surface area contributed by atoms with Crippen molar-refractivity contribution in [3.63, 3.8) is 0 Å². The van der Waals surface area contributed by atoms with E-state index in [4.69, 9.17) is 5.73 Å². The fourth-order valence-electron chi connectivity index (χ4n) is 1.77. The molecule has 3 N–H and O–H groups in total. The molecule has 0 aromatic heterocycles. The predicted octanol–water partition coefficient (Wildman–Crippen LogP) is 2.07. The maximum Gasteiger partial charge on any atom is 0.251 e. The minimum atomic E-state index is -0.425. The topological polar surface area (TPSA) is 55.1 Å². The molecule has 0 spiro atoms. The van der Waals surface area contributed by atoms with Gasteiger partial charge in [0.1, 0.15) is 5.82 Å². The van der Waals surface area contributed by atoms with Gasteiger partial charge in [0.05, 0.1) is 6.54 Å². The van der Waals surface area contributed by atoms with E-state index < -0.39 is 5.82 Å². The Balaban J connectivity index is 1.95. The van der Waals surface area contributed by atoms with E-state index in [0.717, 1.165) is 11.1 Å². The molecule has 0 fully saturated rings. The molecule has 2 rings (SSSR count). The van der Waals surface area contributed by atoms with Gasteiger partial charge in [-0.3, -0.25) is 4.79 Å². The maximum atomic E-state index is 13.0. The van der Waals surface area contributed by atoms with Crippen LogP contribution in [0.25, 0.3) is 0 Å². The molecule has 0 saturated heterocycles. The number of hydrogen-bond acceptors (Lipinski definition) is 2. The van der Waals surface area contributed by atoms with Crippen LogP contribution in [-0.2, 0) is 6.54 Å². The van der Waals surface area contributed by atoms with Crippen LogP contribution in [-0.4, -0.2) is 12.5 Å². The third-order valence-electron chi connectivity index (χ3n) is 2.83. The Kier molecular flexibility index (Phi) is 5.08. The van der Waals surface area contributed by atoms with Crippen LogP contribution in [0.3, 0.4) is 0 Å². The van der Waals surface area contributed by atoms with Crippen LogP contribution >= 0.6 is 0 Å². The summed E-state index contributed by atoms with van der Waals surface area (Å²) >= 11 is 0. The summed E-state index contributed by atoms with van der Waals surface area (Å²) in [6.07, 6.45) is 0. The number of hydrogen-bond donors (Lipinski definition) is 2. The second kappa shape index (κ2) is 7.22. The lowest BCUT2D eigenvalue weighted by Gasteiger charge is -2.05. The zero-order valence-electron chi connectivity index (χ0n) is 11.4. The molecule has 0 radical (unpaired) electrons. The number of nitrogens with two attached hydrogens (primary N) is 1. The van der Waals surface area contributed by atoms with Gasteiger partial charge >= 0.3 is 0 Å². The van der Waals surface area contributed by atoms with Gasteiger partial charge < -0.3 is 11.1 Å². The Morgan fingerprint density at radius 1 is 1.19 bits per heavy atom. The molecular weight excluding hydrogens is 267 g/mol. The molecule has 2 aromatic rings. The summed E-state index contributed by atoms with van der Waals surface area (Å²) in [5.74, 6) is 4.97. The molecule has 0 bridgehead atoms. The molecule has 0 saturated carbocycles. The highest BCUT2D eigenvalue weighted by Gasteiger charge is 2.05. The number of rotatable bonds is 3. The number of carbonyl (C=O) groups excluding carboxylic acids is 1. The van der Waals surface area contributed by atoms with Gasteiger partial charge in [0.25, 0.3) is 5.91 Å². The van der Waals surface area contributed by atoms with Crippen LogP contribution in [0.1, 0.15) is 21.5 Å². The zero-order chi connectivity index (χ0) is 15.1. The Morgan fingerprint density at radius 2 is 1.95 bits per heavy atom. The SMILES string of the molecule is NCC#Cc1ccc(CNC(=O)c2cccc(F)c2)cc1. The lowest BCUT2D eigenvalue weighted by Crippen LogP contribution is -2.22. The number of amides is 1. The highest BCUT2D eigenvalue weighted by molar-refractivity contribution is 5.94. The first-order valence-electron chi connectivity index (χ1n) is 6.50. The average Bonchev–Trinajstić information content (AvgIpc) is 2.51. The molecule has 106 valence electrons. The van der Waals surface area contributed by atoms with Gasteiger partial charge in [-0.25, -0.2) is 4.39 Å². The van der Waals surface area contributed by atoms with Crippen LogP contribution in [0, 0.1) is 17.7 Å². The van der Waals surface area contributed by atoms with Gasteiger partial charge in [-0.2, -0.15) is 0 Å². The summed E-state index contributed by atoms with van der Waals surface area (Å²) < 4.78 is 13.0. The monoisotopic (exact) mass is 282 g/mol. The van der Waals surface area contributed by atoms with Gasteiger partial charge in [0.15, 0.2) is 0 Å². The summed E-state index contributed by atoms with van der Waals surface area (Å²) in [6, 6.07) is 13.1. The number of halogens is 1. The maximum absolute atomic E-state index is 13.0. The van der Waals surface area contributed by atoms with Crippen molar-refractivity contribution in [2.45, 2.75) is 6.54 Å². The highest BCUT2D eigenvalue weighted by atomic mass is 19.1. The molecule has 21 heavy (non-hydrogen) atoms. The Hall–Kier alpha value is -2.64. The van der Waals surface area contributed by atoms with Crippen molar-refractivity contribution in [2.75, 3.05) is 6.54 Å². The van der Waals surface area contributed by atoms with Crippen molar-refractivity contribution in [3.8, 4) is 11.8 Å². The first-order chi connectivity index (χ1) is 10.2. The average molecular weight is 282 g/mol. The van der Waals surface area contributed by atoms with Gasteiger partial charge in [-0.1, -0.05) is 30.0 Å². The van der Waals surface area contributed by atoms with E-state index in [1.54, 1.807) is 6.07 Å². The highest BCUT2D eigenvalue weighted by Crippen LogP contribution is 2.06. The molecule has 0 aliphatic rings. The number of nitrogens with one attached hydrogen (secondary N) is 1. The first-order valence-corrected chi connectivity index (χ1v) is 6.50. The van der Waals surface area contributed by atoms with Crippen LogP contribution in [0.15, 0.2) is 48.5 Å². The van der Waals surface area contributed by atoms with E-state index in [9.17, 15) is 9.18 Å². The third-order valence-corrected chi connectivity index (χ3v) is 2.83. The lowest BCUT2D eigenvalue weighted by atomic mass is 10.1. The molecule has 0 aliphatic carbocycles. The summed E-state index contributed by atoms with van der Waals surface area (Å²) in [7, 11) is 0. The molecule has 3 nitrogen and oxygen atoms in total. The van der Waals surface area contributed by atoms with Crippen molar-refractivity contribution in [1.82, 2.24) is 5.32 Å². The van der Waals surface area contributed by atoms with Gasteiger partial charge in [-0.15, -0.1) is 0 Å². The van der Waals surface area contributed by atoms with E-state index in [1.807, 2.05) is 24.3 Å². The fraction of sp³-hybridized carbons (Fsp3) is 0.118. The largest absolute Gasteiger partial charge is 0.348 e. The van der Waals surface area contributed by atoms with E-state index in [1.165, 1.54) is 18.2 Å². The Bertz CT molecular complexity index is 684. The minimum Gasteiger partial charge on any atom is -0.348 e. The van der Waals surface area contributed by atoms with Crippen molar-refractivity contribution >= 4 is 5.91 Å². The van der Waals surface area contributed by atoms with Gasteiger partial charge in [-0.05, 0) is 35.9 Å². The normalized spacial score (nSPS) is 9.62. The molecule has 0 atom stereocenters.